The van der Waals surface area contributed by atoms with E-state index < -0.39 is 10.2 Å². The molecule has 2 aliphatic rings. The minimum absolute atomic E-state index is 0.110. The maximum absolute atomic E-state index is 13.0. The number of fused-ring (bicyclic) bond motifs is 1. The van der Waals surface area contributed by atoms with Gasteiger partial charge in [0.25, 0.3) is 10.2 Å². The Bertz CT molecular complexity index is 984. The SMILES string of the molecule is CC1CN(S(=O)(=O)N2CCN(Cn3nc4ccccn4c3=O)CC2)CC(C)O1. The molecule has 0 bridgehead atoms. The Labute approximate surface area is 164 Å². The first-order chi connectivity index (χ1) is 13.3. The van der Waals surface area contributed by atoms with Crippen LogP contribution in [0.25, 0.3) is 5.65 Å². The molecular weight excluding hydrogens is 384 g/mol. The molecule has 2 aromatic heterocycles. The molecular formula is C17H26N6O4S. The molecule has 0 saturated carbocycles. The number of ether oxygens (including phenoxy) is 1. The molecule has 2 fully saturated rings. The Kier molecular flexibility index (Phi) is 5.27. The third-order valence-electron chi connectivity index (χ3n) is 5.19. The van der Waals surface area contributed by atoms with Gasteiger partial charge in [0, 0.05) is 45.5 Å². The summed E-state index contributed by atoms with van der Waals surface area (Å²) in [5.74, 6) is 0. The fourth-order valence-corrected chi connectivity index (χ4v) is 5.58. The summed E-state index contributed by atoms with van der Waals surface area (Å²) in [6.45, 7) is 6.78. The van der Waals surface area contributed by atoms with Crippen molar-refractivity contribution in [3.05, 3.63) is 34.9 Å². The van der Waals surface area contributed by atoms with Crippen molar-refractivity contribution in [2.75, 3.05) is 39.3 Å². The highest BCUT2D eigenvalue weighted by Gasteiger charge is 2.36. The van der Waals surface area contributed by atoms with Gasteiger partial charge >= 0.3 is 5.69 Å². The van der Waals surface area contributed by atoms with E-state index in [-0.39, 0.29) is 17.9 Å². The van der Waals surface area contributed by atoms with Crippen molar-refractivity contribution in [3.63, 3.8) is 0 Å². The Balaban J connectivity index is 1.40. The summed E-state index contributed by atoms with van der Waals surface area (Å²) >= 11 is 0. The van der Waals surface area contributed by atoms with E-state index in [9.17, 15) is 13.2 Å². The smallest absolute Gasteiger partial charge is 0.351 e. The lowest BCUT2D eigenvalue weighted by Gasteiger charge is -2.40. The van der Waals surface area contributed by atoms with Gasteiger partial charge in [0.15, 0.2) is 5.65 Å². The lowest BCUT2D eigenvalue weighted by Crippen LogP contribution is -2.57. The molecule has 2 aliphatic heterocycles. The number of hydrogen-bond donors (Lipinski definition) is 0. The standard InChI is InChI=1S/C17H26N6O4S/c1-14-11-21(12-15(2)27-14)28(25,26)20-9-7-19(8-10-20)13-23-17(24)22-6-4-3-5-16(22)18-23/h3-6,14-15H,7-13H2,1-2H3. The first-order valence-electron chi connectivity index (χ1n) is 9.52. The minimum Gasteiger partial charge on any atom is -0.373 e. The fourth-order valence-electron chi connectivity index (χ4n) is 3.83. The van der Waals surface area contributed by atoms with Gasteiger partial charge in [-0.2, -0.15) is 21.7 Å². The Morgan fingerprint density at radius 2 is 1.75 bits per heavy atom. The summed E-state index contributed by atoms with van der Waals surface area (Å²) in [7, 11) is -3.50. The number of aromatic nitrogens is 3. The van der Waals surface area contributed by atoms with Crippen molar-refractivity contribution < 1.29 is 13.2 Å². The minimum atomic E-state index is -3.50. The van der Waals surface area contributed by atoms with Crippen LogP contribution < -0.4 is 5.69 Å². The number of piperazine rings is 1. The molecule has 0 amide bonds. The van der Waals surface area contributed by atoms with Crippen molar-refractivity contribution in [2.45, 2.75) is 32.7 Å². The van der Waals surface area contributed by atoms with Gasteiger partial charge in [-0.1, -0.05) is 6.07 Å². The second-order valence-corrected chi connectivity index (χ2v) is 9.38. The first-order valence-corrected chi connectivity index (χ1v) is 10.9. The molecule has 2 aromatic rings. The molecule has 2 unspecified atom stereocenters. The fraction of sp³-hybridized carbons (Fsp3) is 0.647. The summed E-state index contributed by atoms with van der Waals surface area (Å²) in [5, 5.41) is 4.34. The van der Waals surface area contributed by atoms with Crippen LogP contribution in [0.3, 0.4) is 0 Å². The van der Waals surface area contributed by atoms with Crippen molar-refractivity contribution in [3.8, 4) is 0 Å². The molecule has 2 saturated heterocycles. The predicted octanol–water partition coefficient (Wildman–Crippen LogP) is -0.575. The quantitative estimate of drug-likeness (QED) is 0.670. The van der Waals surface area contributed by atoms with Crippen molar-refractivity contribution in [1.82, 2.24) is 27.7 Å². The number of morpholine rings is 1. The monoisotopic (exact) mass is 410 g/mol. The van der Waals surface area contributed by atoms with Crippen LogP contribution in [-0.2, 0) is 21.6 Å². The Morgan fingerprint density at radius 3 is 2.39 bits per heavy atom. The average Bonchev–Trinajstić information content (AvgIpc) is 2.97. The molecule has 0 N–H and O–H groups in total. The van der Waals surface area contributed by atoms with E-state index in [2.05, 4.69) is 5.10 Å². The topological polar surface area (TPSA) is 92.4 Å². The largest absolute Gasteiger partial charge is 0.373 e. The van der Waals surface area contributed by atoms with Crippen LogP contribution in [-0.4, -0.2) is 87.6 Å². The second-order valence-electron chi connectivity index (χ2n) is 7.45. The summed E-state index contributed by atoms with van der Waals surface area (Å²) in [4.78, 5) is 14.5. The maximum Gasteiger partial charge on any atom is 0.351 e. The second kappa shape index (κ2) is 7.56. The van der Waals surface area contributed by atoms with Crippen molar-refractivity contribution >= 4 is 15.9 Å². The van der Waals surface area contributed by atoms with Gasteiger partial charge in [0.05, 0.1) is 18.9 Å². The highest BCUT2D eigenvalue weighted by atomic mass is 32.2. The van der Waals surface area contributed by atoms with Gasteiger partial charge in [-0.05, 0) is 26.0 Å². The van der Waals surface area contributed by atoms with E-state index in [0.29, 0.717) is 51.6 Å². The van der Waals surface area contributed by atoms with Crippen LogP contribution in [0.2, 0.25) is 0 Å². The number of pyridine rings is 1. The summed E-state index contributed by atoms with van der Waals surface area (Å²) in [6, 6.07) is 5.41. The molecule has 0 aromatic carbocycles. The summed E-state index contributed by atoms with van der Waals surface area (Å²) < 4.78 is 37.6. The average molecular weight is 411 g/mol. The lowest BCUT2D eigenvalue weighted by atomic mass is 10.3. The zero-order valence-electron chi connectivity index (χ0n) is 16.1. The molecule has 2 atom stereocenters. The van der Waals surface area contributed by atoms with Crippen LogP contribution >= 0.6 is 0 Å². The highest BCUT2D eigenvalue weighted by Crippen LogP contribution is 2.19. The van der Waals surface area contributed by atoms with E-state index in [1.54, 1.807) is 18.3 Å². The van der Waals surface area contributed by atoms with Crippen LogP contribution in [0.15, 0.2) is 29.2 Å². The lowest BCUT2D eigenvalue weighted by molar-refractivity contribution is -0.0458. The highest BCUT2D eigenvalue weighted by molar-refractivity contribution is 7.86. The maximum atomic E-state index is 13.0. The van der Waals surface area contributed by atoms with Crippen LogP contribution in [0.5, 0.6) is 0 Å². The molecule has 0 radical (unpaired) electrons. The first kappa shape index (κ1) is 19.5. The van der Waals surface area contributed by atoms with Gasteiger partial charge < -0.3 is 4.74 Å². The van der Waals surface area contributed by atoms with Crippen molar-refractivity contribution in [2.24, 2.45) is 0 Å². The van der Waals surface area contributed by atoms with Gasteiger partial charge in [-0.15, -0.1) is 5.10 Å². The van der Waals surface area contributed by atoms with Gasteiger partial charge in [-0.3, -0.25) is 9.30 Å². The van der Waals surface area contributed by atoms with E-state index in [0.717, 1.165) is 0 Å². The summed E-state index contributed by atoms with van der Waals surface area (Å²) in [6.07, 6.45) is 1.47. The third-order valence-corrected chi connectivity index (χ3v) is 7.16. The molecule has 28 heavy (non-hydrogen) atoms. The molecule has 10 nitrogen and oxygen atoms in total. The van der Waals surface area contributed by atoms with Crippen LogP contribution in [0.4, 0.5) is 0 Å². The van der Waals surface area contributed by atoms with Gasteiger partial charge in [0.1, 0.15) is 0 Å². The van der Waals surface area contributed by atoms with E-state index in [4.69, 9.17) is 4.74 Å². The molecule has 154 valence electrons. The predicted molar refractivity (Wildman–Crippen MR) is 103 cm³/mol. The molecule has 11 heteroatoms. The molecule has 0 aliphatic carbocycles. The zero-order chi connectivity index (χ0) is 19.9. The van der Waals surface area contributed by atoms with E-state index in [1.165, 1.54) is 17.7 Å². The van der Waals surface area contributed by atoms with E-state index in [1.807, 2.05) is 24.8 Å². The van der Waals surface area contributed by atoms with Gasteiger partial charge in [-0.25, -0.2) is 4.79 Å². The van der Waals surface area contributed by atoms with Crippen LogP contribution in [0, 0.1) is 0 Å². The number of rotatable bonds is 4. The number of hydrogen-bond acceptors (Lipinski definition) is 6. The third kappa shape index (κ3) is 3.72. The number of nitrogens with zero attached hydrogens (tertiary/aromatic N) is 6. The van der Waals surface area contributed by atoms with E-state index >= 15 is 0 Å². The summed E-state index contributed by atoms with van der Waals surface area (Å²) in [5.41, 5.74) is 0.409. The molecule has 4 heterocycles. The van der Waals surface area contributed by atoms with Gasteiger partial charge in [0.2, 0.25) is 0 Å². The van der Waals surface area contributed by atoms with Crippen LogP contribution in [0.1, 0.15) is 13.8 Å². The van der Waals surface area contributed by atoms with Crippen molar-refractivity contribution in [1.29, 1.82) is 0 Å². The Morgan fingerprint density at radius 1 is 1.07 bits per heavy atom. The molecule has 4 rings (SSSR count). The Hall–Kier alpha value is -1.79. The zero-order valence-corrected chi connectivity index (χ0v) is 17.0. The normalized spacial score (nSPS) is 26.1. The molecule has 0 spiro atoms.